The second-order valence-electron chi connectivity index (χ2n) is 6.77. The zero-order valence-corrected chi connectivity index (χ0v) is 14.7. The molecule has 1 aromatic rings. The molecular formula is C18H27ClN2O2. The van der Waals surface area contributed by atoms with Gasteiger partial charge in [-0.3, -0.25) is 4.79 Å². The Hall–Kier alpha value is -1.26. The molecular weight excluding hydrogens is 312 g/mol. The molecule has 2 heterocycles. The molecule has 2 N–H and O–H groups in total. The zero-order valence-electron chi connectivity index (χ0n) is 13.9. The van der Waals surface area contributed by atoms with Crippen molar-refractivity contribution in [1.29, 1.82) is 0 Å². The zero-order chi connectivity index (χ0) is 15.5. The number of hydrogen-bond donors (Lipinski definition) is 2. The first-order valence-corrected chi connectivity index (χ1v) is 8.30. The van der Waals surface area contributed by atoms with Crippen LogP contribution in [-0.2, 0) is 11.3 Å². The van der Waals surface area contributed by atoms with Crippen molar-refractivity contribution >= 4 is 18.3 Å². The van der Waals surface area contributed by atoms with Crippen LogP contribution in [0, 0.1) is 12.8 Å². The lowest BCUT2D eigenvalue weighted by atomic mass is 9.89. The normalized spacial score (nSPS) is 25.6. The van der Waals surface area contributed by atoms with E-state index in [1.807, 2.05) is 19.1 Å². The molecule has 1 aromatic carbocycles. The molecule has 5 heteroatoms. The summed E-state index contributed by atoms with van der Waals surface area (Å²) in [6.45, 7) is 2.58. The Morgan fingerprint density at radius 1 is 1.30 bits per heavy atom. The van der Waals surface area contributed by atoms with Gasteiger partial charge < -0.3 is 15.4 Å². The Kier molecular flexibility index (Phi) is 6.31. The molecule has 0 aliphatic carbocycles. The van der Waals surface area contributed by atoms with Crippen molar-refractivity contribution in [2.45, 2.75) is 57.7 Å². The smallest absolute Gasteiger partial charge is 0.220 e. The van der Waals surface area contributed by atoms with Crippen molar-refractivity contribution in [1.82, 2.24) is 10.6 Å². The number of amides is 1. The molecule has 0 spiro atoms. The van der Waals surface area contributed by atoms with E-state index in [1.54, 1.807) is 7.11 Å². The number of ether oxygens (including phenoxy) is 1. The van der Waals surface area contributed by atoms with Gasteiger partial charge >= 0.3 is 0 Å². The third kappa shape index (κ3) is 4.61. The molecule has 3 rings (SSSR count). The molecule has 0 aromatic heterocycles. The highest BCUT2D eigenvalue weighted by Gasteiger charge is 2.34. The van der Waals surface area contributed by atoms with Crippen LogP contribution in [0.2, 0.25) is 0 Å². The molecule has 2 unspecified atom stereocenters. The van der Waals surface area contributed by atoms with Gasteiger partial charge in [0.15, 0.2) is 0 Å². The number of methoxy groups -OCH3 is 1. The summed E-state index contributed by atoms with van der Waals surface area (Å²) in [5, 5.41) is 6.67. The number of carbonyl (C=O) groups is 1. The number of rotatable bonds is 5. The molecule has 1 amide bonds. The molecule has 2 aliphatic rings. The van der Waals surface area contributed by atoms with Crippen LogP contribution in [0.4, 0.5) is 0 Å². The van der Waals surface area contributed by atoms with Gasteiger partial charge in [0, 0.05) is 30.6 Å². The van der Waals surface area contributed by atoms with Crippen molar-refractivity contribution in [2.75, 3.05) is 7.11 Å². The van der Waals surface area contributed by atoms with Crippen LogP contribution in [0.15, 0.2) is 18.2 Å². The summed E-state index contributed by atoms with van der Waals surface area (Å²) in [7, 11) is 1.67. The van der Waals surface area contributed by atoms with Gasteiger partial charge in [0.05, 0.1) is 7.11 Å². The van der Waals surface area contributed by atoms with E-state index < -0.39 is 0 Å². The molecule has 128 valence electrons. The molecule has 0 radical (unpaired) electrons. The van der Waals surface area contributed by atoms with Crippen molar-refractivity contribution in [2.24, 2.45) is 5.92 Å². The number of carbonyl (C=O) groups excluding carboxylic acids is 1. The largest absolute Gasteiger partial charge is 0.496 e. The summed E-state index contributed by atoms with van der Waals surface area (Å²) >= 11 is 0. The first-order chi connectivity index (χ1) is 10.6. The average Bonchev–Trinajstić information content (AvgIpc) is 2.84. The summed E-state index contributed by atoms with van der Waals surface area (Å²) in [6, 6.07) is 7.38. The fourth-order valence-corrected chi connectivity index (χ4v) is 3.87. The third-order valence-corrected chi connectivity index (χ3v) is 4.96. The van der Waals surface area contributed by atoms with E-state index in [4.69, 9.17) is 4.74 Å². The quantitative estimate of drug-likeness (QED) is 0.867. The number of hydrogen-bond acceptors (Lipinski definition) is 3. The van der Waals surface area contributed by atoms with Gasteiger partial charge in [0.1, 0.15) is 5.75 Å². The third-order valence-electron chi connectivity index (χ3n) is 4.96. The standard InChI is InChI=1S/C18H26N2O2.ClH/c1-12-3-4-14(17(7-12)22-2)11-19-18(21)10-13-8-15-5-6-16(9-13)20-15;/h3-4,7,13,15-16,20H,5-6,8-11H2,1-2H3,(H,19,21);1H. The molecule has 2 bridgehead atoms. The summed E-state index contributed by atoms with van der Waals surface area (Å²) in [4.78, 5) is 12.2. The molecule has 0 saturated carbocycles. The van der Waals surface area contributed by atoms with Gasteiger partial charge in [-0.15, -0.1) is 12.4 Å². The Bertz CT molecular complexity index is 538. The molecule has 2 atom stereocenters. The second kappa shape index (κ2) is 8.02. The van der Waals surface area contributed by atoms with Crippen LogP contribution in [0.1, 0.15) is 43.2 Å². The second-order valence-corrected chi connectivity index (χ2v) is 6.77. The summed E-state index contributed by atoms with van der Waals surface area (Å²) in [5.41, 5.74) is 2.20. The molecule has 2 aliphatic heterocycles. The fraction of sp³-hybridized carbons (Fsp3) is 0.611. The van der Waals surface area contributed by atoms with Gasteiger partial charge in [0.2, 0.25) is 5.91 Å². The maximum absolute atomic E-state index is 12.2. The molecule has 23 heavy (non-hydrogen) atoms. The fourth-order valence-electron chi connectivity index (χ4n) is 3.87. The minimum absolute atomic E-state index is 0. The number of halogens is 1. The van der Waals surface area contributed by atoms with Crippen LogP contribution in [0.25, 0.3) is 0 Å². The maximum atomic E-state index is 12.2. The predicted octanol–water partition coefficient (Wildman–Crippen LogP) is 2.96. The van der Waals surface area contributed by atoms with Crippen LogP contribution >= 0.6 is 12.4 Å². The number of fused-ring (bicyclic) bond motifs is 2. The summed E-state index contributed by atoms with van der Waals surface area (Å²) in [6.07, 6.45) is 5.52. The maximum Gasteiger partial charge on any atom is 0.220 e. The van der Waals surface area contributed by atoms with Gasteiger partial charge in [-0.2, -0.15) is 0 Å². The predicted molar refractivity (Wildman–Crippen MR) is 94.1 cm³/mol. The van der Waals surface area contributed by atoms with Crippen LogP contribution in [0.5, 0.6) is 5.75 Å². The Labute approximate surface area is 144 Å². The number of nitrogens with one attached hydrogen (secondary N) is 2. The van der Waals surface area contributed by atoms with Crippen molar-refractivity contribution in [3.63, 3.8) is 0 Å². The average molecular weight is 339 g/mol. The molecule has 2 saturated heterocycles. The highest BCUT2D eigenvalue weighted by molar-refractivity contribution is 5.85. The summed E-state index contributed by atoms with van der Waals surface area (Å²) in [5.74, 6) is 1.55. The van der Waals surface area contributed by atoms with Gasteiger partial charge in [-0.1, -0.05) is 12.1 Å². The Morgan fingerprint density at radius 3 is 2.65 bits per heavy atom. The first kappa shape index (κ1) is 18.1. The van der Waals surface area contributed by atoms with Gasteiger partial charge in [-0.05, 0) is 50.2 Å². The van der Waals surface area contributed by atoms with E-state index in [9.17, 15) is 4.79 Å². The SMILES string of the molecule is COc1cc(C)ccc1CNC(=O)CC1CC2CCC(C1)N2.Cl. The van der Waals surface area contributed by atoms with E-state index >= 15 is 0 Å². The minimum atomic E-state index is 0. The minimum Gasteiger partial charge on any atom is -0.496 e. The highest BCUT2D eigenvalue weighted by Crippen LogP contribution is 2.32. The van der Waals surface area contributed by atoms with Crippen molar-refractivity contribution in [3.8, 4) is 5.75 Å². The van der Waals surface area contributed by atoms with Gasteiger partial charge in [0.25, 0.3) is 0 Å². The van der Waals surface area contributed by atoms with E-state index in [0.717, 1.165) is 29.7 Å². The lowest BCUT2D eigenvalue weighted by Gasteiger charge is -2.28. The van der Waals surface area contributed by atoms with Crippen LogP contribution in [0.3, 0.4) is 0 Å². The highest BCUT2D eigenvalue weighted by atomic mass is 35.5. The first-order valence-electron chi connectivity index (χ1n) is 8.30. The van der Waals surface area contributed by atoms with E-state index in [2.05, 4.69) is 16.7 Å². The van der Waals surface area contributed by atoms with E-state index in [-0.39, 0.29) is 18.3 Å². The Balaban J connectivity index is 0.00000192. The van der Waals surface area contributed by atoms with Crippen LogP contribution < -0.4 is 15.4 Å². The lowest BCUT2D eigenvalue weighted by molar-refractivity contribution is -0.122. The molecule has 4 nitrogen and oxygen atoms in total. The van der Waals surface area contributed by atoms with Crippen LogP contribution in [-0.4, -0.2) is 25.1 Å². The topological polar surface area (TPSA) is 50.4 Å². The van der Waals surface area contributed by atoms with E-state index in [0.29, 0.717) is 31.0 Å². The van der Waals surface area contributed by atoms with Crippen molar-refractivity contribution in [3.05, 3.63) is 29.3 Å². The lowest BCUT2D eigenvalue weighted by Crippen LogP contribution is -2.39. The number of aryl methyl sites for hydroxylation is 1. The monoisotopic (exact) mass is 338 g/mol. The van der Waals surface area contributed by atoms with Gasteiger partial charge in [-0.25, -0.2) is 0 Å². The molecule has 2 fully saturated rings. The Morgan fingerprint density at radius 2 is 2.00 bits per heavy atom. The number of piperidine rings is 1. The van der Waals surface area contributed by atoms with Crippen molar-refractivity contribution < 1.29 is 9.53 Å². The van der Waals surface area contributed by atoms with E-state index in [1.165, 1.54) is 12.8 Å². The summed E-state index contributed by atoms with van der Waals surface area (Å²) < 4.78 is 5.39. The number of benzene rings is 1.